The van der Waals surface area contributed by atoms with Gasteiger partial charge in [-0.25, -0.2) is 4.98 Å². The number of fused-ring (bicyclic) bond motifs is 1. The molecule has 1 saturated heterocycles. The molecular formula is C29H28N8O3S. The smallest absolute Gasteiger partial charge is 0.269 e. The van der Waals surface area contributed by atoms with E-state index in [1.54, 1.807) is 18.5 Å². The summed E-state index contributed by atoms with van der Waals surface area (Å²) in [6.07, 6.45) is 2.55. The van der Waals surface area contributed by atoms with Crippen molar-refractivity contribution < 1.29 is 9.72 Å². The number of nitrogens with one attached hydrogen (secondary N) is 1. The molecule has 0 atom stereocenters. The number of piperazine rings is 1. The summed E-state index contributed by atoms with van der Waals surface area (Å²) in [6.45, 7) is 3.52. The monoisotopic (exact) mass is 568 g/mol. The molecule has 12 heteroatoms. The van der Waals surface area contributed by atoms with E-state index in [2.05, 4.69) is 27.3 Å². The van der Waals surface area contributed by atoms with Gasteiger partial charge in [-0.15, -0.1) is 11.3 Å². The second-order valence-corrected chi connectivity index (χ2v) is 10.7. The van der Waals surface area contributed by atoms with Gasteiger partial charge in [0.1, 0.15) is 0 Å². The van der Waals surface area contributed by atoms with Crippen LogP contribution in [0, 0.1) is 10.1 Å². The molecule has 6 rings (SSSR count). The summed E-state index contributed by atoms with van der Waals surface area (Å²) >= 11 is 1.46. The van der Waals surface area contributed by atoms with E-state index in [9.17, 15) is 14.9 Å². The number of aromatic nitrogens is 4. The topological polar surface area (TPSA) is 122 Å². The van der Waals surface area contributed by atoms with E-state index in [4.69, 9.17) is 9.97 Å². The molecule has 0 radical (unpaired) electrons. The molecule has 208 valence electrons. The fraction of sp³-hybridized carbons (Fsp3) is 0.241. The first-order valence-electron chi connectivity index (χ1n) is 13.4. The van der Waals surface area contributed by atoms with Gasteiger partial charge in [-0.3, -0.25) is 14.9 Å². The summed E-state index contributed by atoms with van der Waals surface area (Å²) in [6, 6.07) is 20.5. The first-order chi connectivity index (χ1) is 20.0. The zero-order valence-corrected chi connectivity index (χ0v) is 23.0. The maximum absolute atomic E-state index is 12.8. The highest BCUT2D eigenvalue weighted by Crippen LogP contribution is 2.25. The Morgan fingerprint density at radius 1 is 0.951 bits per heavy atom. The maximum atomic E-state index is 12.8. The second-order valence-electron chi connectivity index (χ2n) is 9.76. The summed E-state index contributed by atoms with van der Waals surface area (Å²) in [7, 11) is 0. The first-order valence-corrected chi connectivity index (χ1v) is 14.2. The van der Waals surface area contributed by atoms with Crippen molar-refractivity contribution in [1.29, 1.82) is 0 Å². The van der Waals surface area contributed by atoms with Crippen molar-refractivity contribution in [2.75, 3.05) is 42.9 Å². The van der Waals surface area contributed by atoms with Gasteiger partial charge < -0.3 is 19.7 Å². The third kappa shape index (κ3) is 5.87. The van der Waals surface area contributed by atoms with Crippen molar-refractivity contribution in [3.63, 3.8) is 0 Å². The Bertz CT molecular complexity index is 1650. The minimum absolute atomic E-state index is 0.0513. The lowest BCUT2D eigenvalue weighted by atomic mass is 10.1. The van der Waals surface area contributed by atoms with Crippen molar-refractivity contribution in [2.24, 2.45) is 0 Å². The second kappa shape index (κ2) is 11.7. The number of thiophene rings is 1. The Balaban J connectivity index is 1.25. The van der Waals surface area contributed by atoms with Gasteiger partial charge in [-0.05, 0) is 29.0 Å². The molecule has 0 saturated carbocycles. The summed E-state index contributed by atoms with van der Waals surface area (Å²) in [4.78, 5) is 42.6. The molecule has 5 aromatic rings. The number of carbonyl (C=O) groups is 1. The summed E-state index contributed by atoms with van der Waals surface area (Å²) in [5, 5.41) is 16.4. The number of hydrogen-bond acceptors (Lipinski definition) is 9. The Morgan fingerprint density at radius 2 is 1.73 bits per heavy atom. The number of hydrogen-bond donors (Lipinski definition) is 1. The molecule has 1 aliphatic heterocycles. The van der Waals surface area contributed by atoms with Crippen LogP contribution in [-0.4, -0.2) is 68.0 Å². The van der Waals surface area contributed by atoms with E-state index >= 15 is 0 Å². The molecule has 0 unspecified atom stereocenters. The van der Waals surface area contributed by atoms with E-state index in [0.29, 0.717) is 62.2 Å². The third-order valence-electron chi connectivity index (χ3n) is 7.08. The Labute approximate surface area is 240 Å². The molecule has 0 bridgehead atoms. The molecule has 1 aliphatic rings. The summed E-state index contributed by atoms with van der Waals surface area (Å²) in [5.41, 5.74) is 3.51. The molecule has 4 heterocycles. The minimum atomic E-state index is -0.406. The van der Waals surface area contributed by atoms with E-state index in [-0.39, 0.29) is 11.6 Å². The first kappa shape index (κ1) is 26.4. The van der Waals surface area contributed by atoms with Crippen LogP contribution >= 0.6 is 11.3 Å². The van der Waals surface area contributed by atoms with Crippen molar-refractivity contribution in [3.05, 3.63) is 105 Å². The number of anilines is 2. The van der Waals surface area contributed by atoms with Crippen molar-refractivity contribution in [3.8, 4) is 0 Å². The molecular weight excluding hydrogens is 540 g/mol. The Kier molecular flexibility index (Phi) is 7.54. The molecule has 0 aliphatic carbocycles. The quantitative estimate of drug-likeness (QED) is 0.204. The number of nitro groups is 1. The zero-order chi connectivity index (χ0) is 28.2. The van der Waals surface area contributed by atoms with Crippen LogP contribution in [0.15, 0.2) is 78.4 Å². The fourth-order valence-electron chi connectivity index (χ4n) is 4.87. The van der Waals surface area contributed by atoms with Crippen LogP contribution in [0.25, 0.3) is 11.2 Å². The van der Waals surface area contributed by atoms with Gasteiger partial charge in [0.15, 0.2) is 17.0 Å². The highest BCUT2D eigenvalue weighted by molar-refractivity contribution is 7.12. The van der Waals surface area contributed by atoms with Gasteiger partial charge in [0.05, 0.1) is 22.7 Å². The van der Waals surface area contributed by atoms with Crippen molar-refractivity contribution in [1.82, 2.24) is 24.4 Å². The standard InChI is InChI=1S/C29H28N8O3S/c38-28(24-7-4-18-41-24)34-14-16-35(17-15-34)29-32-26(30-13-12-21-5-2-1-3-6-21)25-27(33-29)36(20-31-25)19-22-8-10-23(11-9-22)37(39)40/h1-11,18,20H,12-17,19H2,(H,30,32,33). The van der Waals surface area contributed by atoms with Gasteiger partial charge in [-0.1, -0.05) is 48.5 Å². The number of carbonyl (C=O) groups excluding carboxylic acids is 1. The average molecular weight is 569 g/mol. The van der Waals surface area contributed by atoms with Gasteiger partial charge >= 0.3 is 0 Å². The van der Waals surface area contributed by atoms with Crippen LogP contribution in [0.4, 0.5) is 17.5 Å². The van der Waals surface area contributed by atoms with E-state index < -0.39 is 4.92 Å². The number of amides is 1. The lowest BCUT2D eigenvalue weighted by molar-refractivity contribution is -0.384. The predicted octanol–water partition coefficient (Wildman–Crippen LogP) is 4.46. The number of nitrogens with zero attached hydrogens (tertiary/aromatic N) is 7. The van der Waals surface area contributed by atoms with Crippen LogP contribution in [-0.2, 0) is 13.0 Å². The summed E-state index contributed by atoms with van der Waals surface area (Å²) in [5.74, 6) is 1.29. The third-order valence-corrected chi connectivity index (χ3v) is 7.94. The predicted molar refractivity (Wildman–Crippen MR) is 159 cm³/mol. The van der Waals surface area contributed by atoms with Crippen molar-refractivity contribution >= 4 is 45.9 Å². The number of benzene rings is 2. The SMILES string of the molecule is O=C(c1cccs1)N1CCN(c2nc(NCCc3ccccc3)c3ncn(Cc4ccc([N+](=O)[O-])cc4)c3n2)CC1. The number of rotatable bonds is 9. The molecule has 11 nitrogen and oxygen atoms in total. The van der Waals surface area contributed by atoms with Crippen LogP contribution in [0.5, 0.6) is 0 Å². The van der Waals surface area contributed by atoms with E-state index in [0.717, 1.165) is 16.9 Å². The van der Waals surface area contributed by atoms with Crippen LogP contribution in [0.1, 0.15) is 20.8 Å². The molecule has 1 N–H and O–H groups in total. The van der Waals surface area contributed by atoms with Crippen LogP contribution in [0.3, 0.4) is 0 Å². The van der Waals surface area contributed by atoms with Crippen LogP contribution in [0.2, 0.25) is 0 Å². The molecule has 2 aromatic carbocycles. The maximum Gasteiger partial charge on any atom is 0.269 e. The van der Waals surface area contributed by atoms with Gasteiger partial charge in [0, 0.05) is 44.9 Å². The molecule has 3 aromatic heterocycles. The zero-order valence-electron chi connectivity index (χ0n) is 22.2. The fourth-order valence-corrected chi connectivity index (χ4v) is 5.56. The number of nitro benzene ring substituents is 1. The van der Waals surface area contributed by atoms with Gasteiger partial charge in [-0.2, -0.15) is 9.97 Å². The van der Waals surface area contributed by atoms with E-state index in [1.165, 1.54) is 29.0 Å². The number of non-ortho nitro benzene ring substituents is 1. The molecule has 1 fully saturated rings. The molecule has 0 spiro atoms. The Morgan fingerprint density at radius 3 is 2.44 bits per heavy atom. The largest absolute Gasteiger partial charge is 0.368 e. The summed E-state index contributed by atoms with van der Waals surface area (Å²) < 4.78 is 1.93. The average Bonchev–Trinajstić information content (AvgIpc) is 3.69. The van der Waals surface area contributed by atoms with Crippen LogP contribution < -0.4 is 10.2 Å². The highest BCUT2D eigenvalue weighted by Gasteiger charge is 2.25. The lowest BCUT2D eigenvalue weighted by Crippen LogP contribution is -2.49. The van der Waals surface area contributed by atoms with Crippen molar-refractivity contribution in [2.45, 2.75) is 13.0 Å². The van der Waals surface area contributed by atoms with Gasteiger partial charge in [0.2, 0.25) is 5.95 Å². The Hall–Kier alpha value is -4.84. The highest BCUT2D eigenvalue weighted by atomic mass is 32.1. The van der Waals surface area contributed by atoms with Gasteiger partial charge in [0.25, 0.3) is 11.6 Å². The molecule has 41 heavy (non-hydrogen) atoms. The van der Waals surface area contributed by atoms with E-state index in [1.807, 2.05) is 45.2 Å². The molecule has 1 amide bonds. The minimum Gasteiger partial charge on any atom is -0.368 e. The number of imidazole rings is 1. The lowest BCUT2D eigenvalue weighted by Gasteiger charge is -2.34. The normalized spacial score (nSPS) is 13.5.